The van der Waals surface area contributed by atoms with Gasteiger partial charge in [-0.2, -0.15) is 5.06 Å². The molecule has 4 heteroatoms. The third-order valence-corrected chi connectivity index (χ3v) is 3.67. The highest BCUT2D eigenvalue weighted by atomic mass is 16.7. The van der Waals surface area contributed by atoms with Crippen LogP contribution in [0.15, 0.2) is 11.6 Å². The van der Waals surface area contributed by atoms with Crippen molar-refractivity contribution in [2.75, 3.05) is 6.61 Å². The van der Waals surface area contributed by atoms with E-state index in [1.165, 1.54) is 42.7 Å². The Kier molecular flexibility index (Phi) is 5.08. The second-order valence-corrected chi connectivity index (χ2v) is 6.73. The summed E-state index contributed by atoms with van der Waals surface area (Å²) in [4.78, 5) is 17.8. The monoisotopic (exact) mass is 281 g/mol. The SMILES string of the molecule is CC(C)(C)OC(=O)N1OCCC[C@H]1C=C1CCCCC1. The minimum atomic E-state index is -0.486. The number of allylic oxidation sites excluding steroid dienone is 1. The summed E-state index contributed by atoms with van der Waals surface area (Å²) in [5, 5.41) is 1.44. The summed E-state index contributed by atoms with van der Waals surface area (Å²) in [5.41, 5.74) is 0.987. The highest BCUT2D eigenvalue weighted by molar-refractivity contribution is 5.67. The zero-order valence-corrected chi connectivity index (χ0v) is 13.0. The normalized spacial score (nSPS) is 24.4. The van der Waals surface area contributed by atoms with Crippen LogP contribution in [0.5, 0.6) is 0 Å². The molecular weight excluding hydrogens is 254 g/mol. The molecule has 1 heterocycles. The molecule has 0 N–H and O–H groups in total. The van der Waals surface area contributed by atoms with Gasteiger partial charge in [0.15, 0.2) is 0 Å². The van der Waals surface area contributed by atoms with Crippen LogP contribution in [0.3, 0.4) is 0 Å². The maximum Gasteiger partial charge on any atom is 0.435 e. The van der Waals surface area contributed by atoms with E-state index in [0.717, 1.165) is 12.8 Å². The van der Waals surface area contributed by atoms with E-state index in [2.05, 4.69) is 6.08 Å². The van der Waals surface area contributed by atoms with Crippen molar-refractivity contribution in [3.8, 4) is 0 Å². The fourth-order valence-electron chi connectivity index (χ4n) is 2.76. The molecule has 0 aromatic rings. The van der Waals surface area contributed by atoms with Gasteiger partial charge in [0.2, 0.25) is 0 Å². The van der Waals surface area contributed by atoms with Gasteiger partial charge in [0.25, 0.3) is 0 Å². The van der Waals surface area contributed by atoms with Gasteiger partial charge in [-0.25, -0.2) is 4.79 Å². The zero-order valence-electron chi connectivity index (χ0n) is 13.0. The molecule has 2 aliphatic rings. The van der Waals surface area contributed by atoms with Crippen molar-refractivity contribution in [3.05, 3.63) is 11.6 Å². The van der Waals surface area contributed by atoms with Crippen LogP contribution in [0.1, 0.15) is 65.7 Å². The molecule has 1 aliphatic carbocycles. The fraction of sp³-hybridized carbons (Fsp3) is 0.812. The number of carbonyl (C=O) groups is 1. The van der Waals surface area contributed by atoms with Crippen LogP contribution in [0, 0.1) is 0 Å². The van der Waals surface area contributed by atoms with Crippen molar-refractivity contribution in [3.63, 3.8) is 0 Å². The van der Waals surface area contributed by atoms with Gasteiger partial charge < -0.3 is 4.74 Å². The molecule has 114 valence electrons. The largest absolute Gasteiger partial charge is 0.442 e. The van der Waals surface area contributed by atoms with E-state index in [0.29, 0.717) is 6.61 Å². The first kappa shape index (κ1) is 15.4. The molecule has 1 atom stereocenters. The minimum absolute atomic E-state index is 0.0340. The summed E-state index contributed by atoms with van der Waals surface area (Å²) in [5.74, 6) is 0. The molecule has 0 spiro atoms. The Morgan fingerprint density at radius 1 is 1.25 bits per heavy atom. The Morgan fingerprint density at radius 2 is 1.95 bits per heavy atom. The van der Waals surface area contributed by atoms with E-state index in [4.69, 9.17) is 9.57 Å². The molecule has 1 amide bonds. The summed E-state index contributed by atoms with van der Waals surface area (Å²) in [6.07, 6.45) is 10.0. The predicted molar refractivity (Wildman–Crippen MR) is 78.2 cm³/mol. The molecule has 0 bridgehead atoms. The second kappa shape index (κ2) is 6.61. The van der Waals surface area contributed by atoms with Crippen LogP contribution in [-0.2, 0) is 9.57 Å². The van der Waals surface area contributed by atoms with Crippen molar-refractivity contribution in [2.24, 2.45) is 0 Å². The highest BCUT2D eigenvalue weighted by Gasteiger charge is 2.31. The summed E-state index contributed by atoms with van der Waals surface area (Å²) in [6.45, 7) is 6.23. The molecule has 0 aromatic heterocycles. The average molecular weight is 281 g/mol. The van der Waals surface area contributed by atoms with Gasteiger partial charge in [0.05, 0.1) is 12.6 Å². The summed E-state index contributed by atoms with van der Waals surface area (Å²) in [6, 6.07) is 0.0340. The van der Waals surface area contributed by atoms with Gasteiger partial charge >= 0.3 is 6.09 Å². The summed E-state index contributed by atoms with van der Waals surface area (Å²) < 4.78 is 5.43. The molecule has 4 nitrogen and oxygen atoms in total. The Morgan fingerprint density at radius 3 is 2.60 bits per heavy atom. The quantitative estimate of drug-likeness (QED) is 0.676. The van der Waals surface area contributed by atoms with E-state index in [9.17, 15) is 4.79 Å². The molecule has 2 fully saturated rings. The average Bonchev–Trinajstić information content (AvgIpc) is 2.38. The molecule has 2 rings (SSSR count). The molecule has 0 aromatic carbocycles. The number of nitrogens with zero attached hydrogens (tertiary/aromatic N) is 1. The summed E-state index contributed by atoms with van der Waals surface area (Å²) >= 11 is 0. The van der Waals surface area contributed by atoms with Crippen molar-refractivity contribution in [1.29, 1.82) is 0 Å². The lowest BCUT2D eigenvalue weighted by molar-refractivity contribution is -0.182. The summed E-state index contributed by atoms with van der Waals surface area (Å²) in [7, 11) is 0. The number of hydroxylamine groups is 2. The number of rotatable bonds is 1. The molecule has 1 aliphatic heterocycles. The van der Waals surface area contributed by atoms with Crippen LogP contribution >= 0.6 is 0 Å². The van der Waals surface area contributed by atoms with Gasteiger partial charge in [0, 0.05) is 0 Å². The maximum absolute atomic E-state index is 12.2. The Hall–Kier alpha value is -1.03. The second-order valence-electron chi connectivity index (χ2n) is 6.73. The number of carbonyl (C=O) groups excluding carboxylic acids is 1. The third-order valence-electron chi connectivity index (χ3n) is 3.67. The Labute approximate surface area is 122 Å². The lowest BCUT2D eigenvalue weighted by atomic mass is 9.92. The van der Waals surface area contributed by atoms with E-state index < -0.39 is 5.60 Å². The van der Waals surface area contributed by atoms with Gasteiger partial charge in [-0.15, -0.1) is 0 Å². The molecule has 0 unspecified atom stereocenters. The lowest BCUT2D eigenvalue weighted by Gasteiger charge is -2.34. The fourth-order valence-corrected chi connectivity index (χ4v) is 2.76. The van der Waals surface area contributed by atoms with Gasteiger partial charge in [-0.05, 0) is 59.3 Å². The maximum atomic E-state index is 12.2. The van der Waals surface area contributed by atoms with Crippen molar-refractivity contribution in [1.82, 2.24) is 5.06 Å². The van der Waals surface area contributed by atoms with Crippen LogP contribution in [-0.4, -0.2) is 29.4 Å². The van der Waals surface area contributed by atoms with Crippen molar-refractivity contribution >= 4 is 6.09 Å². The van der Waals surface area contributed by atoms with Gasteiger partial charge in [-0.3, -0.25) is 4.84 Å². The molecule has 20 heavy (non-hydrogen) atoms. The number of hydrogen-bond donors (Lipinski definition) is 0. The van der Waals surface area contributed by atoms with Crippen molar-refractivity contribution < 1.29 is 14.4 Å². The highest BCUT2D eigenvalue weighted by Crippen LogP contribution is 2.27. The van der Waals surface area contributed by atoms with Gasteiger partial charge in [-0.1, -0.05) is 18.1 Å². The van der Waals surface area contributed by atoms with E-state index in [1.54, 1.807) is 0 Å². The van der Waals surface area contributed by atoms with E-state index in [-0.39, 0.29) is 12.1 Å². The smallest absolute Gasteiger partial charge is 0.435 e. The molecule has 0 radical (unpaired) electrons. The van der Waals surface area contributed by atoms with Crippen molar-refractivity contribution in [2.45, 2.75) is 77.4 Å². The first-order valence-corrected chi connectivity index (χ1v) is 7.80. The topological polar surface area (TPSA) is 38.8 Å². The lowest BCUT2D eigenvalue weighted by Crippen LogP contribution is -2.45. The first-order chi connectivity index (χ1) is 9.46. The number of amides is 1. The molecular formula is C16H27NO3. The Bertz CT molecular complexity index is 362. The first-order valence-electron chi connectivity index (χ1n) is 7.80. The van der Waals surface area contributed by atoms with Crippen LogP contribution in [0.25, 0.3) is 0 Å². The number of ether oxygens (including phenoxy) is 1. The van der Waals surface area contributed by atoms with Crippen LogP contribution in [0.2, 0.25) is 0 Å². The van der Waals surface area contributed by atoms with Crippen LogP contribution < -0.4 is 0 Å². The van der Waals surface area contributed by atoms with E-state index in [1.807, 2.05) is 20.8 Å². The predicted octanol–water partition coefficient (Wildman–Crippen LogP) is 4.21. The minimum Gasteiger partial charge on any atom is -0.442 e. The number of hydrogen-bond acceptors (Lipinski definition) is 3. The standard InChI is InChI=1S/C16H27NO3/c1-16(2,3)20-15(18)17-14(10-7-11-19-17)12-13-8-5-4-6-9-13/h12,14H,4-11H2,1-3H3/t14-/m0/s1. The van der Waals surface area contributed by atoms with E-state index >= 15 is 0 Å². The zero-order chi connectivity index (χ0) is 14.6. The van der Waals surface area contributed by atoms with Crippen LogP contribution in [0.4, 0.5) is 4.79 Å². The Balaban J connectivity index is 2.02. The van der Waals surface area contributed by atoms with Gasteiger partial charge in [0.1, 0.15) is 5.60 Å². The third kappa shape index (κ3) is 4.51. The molecule has 1 saturated heterocycles. The molecule has 1 saturated carbocycles.